The summed E-state index contributed by atoms with van der Waals surface area (Å²) in [6, 6.07) is 16.8. The van der Waals surface area contributed by atoms with Gasteiger partial charge in [-0.05, 0) is 29.2 Å². The van der Waals surface area contributed by atoms with Gasteiger partial charge in [-0.3, -0.25) is 0 Å². The zero-order valence-electron chi connectivity index (χ0n) is 12.6. The minimum absolute atomic E-state index is 0.497. The van der Waals surface area contributed by atoms with Gasteiger partial charge in [-0.2, -0.15) is 0 Å². The van der Waals surface area contributed by atoms with Crippen molar-refractivity contribution in [3.05, 3.63) is 59.7 Å². The molecule has 2 aromatic rings. The summed E-state index contributed by atoms with van der Waals surface area (Å²) in [5.41, 5.74) is 3.72. The highest BCUT2D eigenvalue weighted by molar-refractivity contribution is 8.08. The first-order valence-electron chi connectivity index (χ1n) is 6.99. The van der Waals surface area contributed by atoms with Gasteiger partial charge in [0.1, 0.15) is 6.63 Å². The molecule has 0 unspecified atom stereocenters. The maximum absolute atomic E-state index is 6.18. The lowest BCUT2D eigenvalue weighted by Crippen LogP contribution is -2.20. The number of hydrogen-bond acceptors (Lipinski definition) is 1. The Bertz CT molecular complexity index is 585. The van der Waals surface area contributed by atoms with Crippen LogP contribution >= 0.6 is 29.1 Å². The third-order valence-electron chi connectivity index (χ3n) is 3.56. The van der Waals surface area contributed by atoms with E-state index in [9.17, 15) is 0 Å². The molecule has 0 heterocycles. The summed E-state index contributed by atoms with van der Waals surface area (Å²) in [7, 11) is 2.09. The van der Waals surface area contributed by atoms with Crippen LogP contribution in [0, 0.1) is 0 Å². The van der Waals surface area contributed by atoms with Crippen molar-refractivity contribution in [2.24, 2.45) is 0 Å². The van der Waals surface area contributed by atoms with Gasteiger partial charge in [-0.15, -0.1) is 0 Å². The van der Waals surface area contributed by atoms with Crippen molar-refractivity contribution in [2.45, 2.75) is 26.3 Å². The smallest absolute Gasteiger partial charge is 0.117 e. The number of hydrogen-bond donors (Lipinski definition) is 0. The van der Waals surface area contributed by atoms with Crippen molar-refractivity contribution in [2.75, 3.05) is 11.9 Å². The van der Waals surface area contributed by atoms with E-state index in [0.717, 1.165) is 11.8 Å². The van der Waals surface area contributed by atoms with Gasteiger partial charge in [0.15, 0.2) is 0 Å². The van der Waals surface area contributed by atoms with Crippen molar-refractivity contribution >= 4 is 40.1 Å². The lowest BCUT2D eigenvalue weighted by atomic mass is 10.0. The Kier molecular flexibility index (Phi) is 5.93. The fraction of sp³-hybridized carbons (Fsp3) is 0.294. The van der Waals surface area contributed by atoms with Crippen LogP contribution in [0.2, 0.25) is 0 Å². The molecule has 0 saturated heterocycles. The Labute approximate surface area is 138 Å². The summed E-state index contributed by atoms with van der Waals surface area (Å²) in [4.78, 5) is 2.22. The average Bonchev–Trinajstić information content (AvgIpc) is 2.47. The number of nitrogens with zero attached hydrogens (tertiary/aromatic N) is 1. The van der Waals surface area contributed by atoms with Crippen molar-refractivity contribution in [1.82, 2.24) is 0 Å². The fourth-order valence-electron chi connectivity index (χ4n) is 2.29. The summed E-state index contributed by atoms with van der Waals surface area (Å²) in [6.07, 6.45) is 0. The van der Waals surface area contributed by atoms with Crippen molar-refractivity contribution in [3.8, 4) is 0 Å². The quantitative estimate of drug-likeness (QED) is 0.616. The second-order valence-corrected chi connectivity index (χ2v) is 8.96. The minimum atomic E-state index is -1.13. The standard InChI is InChI=1S/C17H20Cl2NP/c1-13(2)14-9-10-17(21(18)19)15(11-14)12-20(3)16-7-5-4-6-8-16/h4-11,13H,12H2,1-3H3. The Hall–Kier alpha value is -0.750. The molecule has 0 aliphatic heterocycles. The summed E-state index contributed by atoms with van der Waals surface area (Å²) in [5.74, 6) is 0.497. The summed E-state index contributed by atoms with van der Waals surface area (Å²) >= 11 is 12.4. The molecule has 0 fully saturated rings. The zero-order valence-corrected chi connectivity index (χ0v) is 15.0. The van der Waals surface area contributed by atoms with E-state index in [0.29, 0.717) is 5.92 Å². The lowest BCUT2D eigenvalue weighted by molar-refractivity contribution is 0.857. The van der Waals surface area contributed by atoms with Crippen molar-refractivity contribution in [1.29, 1.82) is 0 Å². The average molecular weight is 340 g/mol. The van der Waals surface area contributed by atoms with Crippen LogP contribution < -0.4 is 10.2 Å². The maximum atomic E-state index is 6.18. The predicted molar refractivity (Wildman–Crippen MR) is 97.3 cm³/mol. The fourth-order valence-corrected chi connectivity index (χ4v) is 3.81. The molecule has 1 nitrogen and oxygen atoms in total. The molecule has 0 aromatic heterocycles. The molecule has 0 saturated carbocycles. The SMILES string of the molecule is CC(C)c1ccc(P(Cl)Cl)c(CN(C)c2ccccc2)c1. The van der Waals surface area contributed by atoms with Gasteiger partial charge in [0.25, 0.3) is 0 Å². The van der Waals surface area contributed by atoms with Gasteiger partial charge in [-0.1, -0.05) is 72.7 Å². The van der Waals surface area contributed by atoms with Crippen LogP contribution in [-0.4, -0.2) is 7.05 Å². The molecule has 2 rings (SSSR count). The molecular weight excluding hydrogens is 320 g/mol. The highest BCUT2D eigenvalue weighted by Crippen LogP contribution is 2.46. The highest BCUT2D eigenvalue weighted by atomic mass is 35.9. The molecule has 0 aliphatic rings. The second-order valence-electron chi connectivity index (χ2n) is 5.47. The predicted octanol–water partition coefficient (Wildman–Crippen LogP) is 5.86. The monoisotopic (exact) mass is 339 g/mol. The van der Waals surface area contributed by atoms with Gasteiger partial charge in [0, 0.05) is 24.6 Å². The molecule has 0 bridgehead atoms. The van der Waals surface area contributed by atoms with Crippen LogP contribution in [0.4, 0.5) is 5.69 Å². The van der Waals surface area contributed by atoms with Crippen molar-refractivity contribution in [3.63, 3.8) is 0 Å². The first-order valence-corrected chi connectivity index (χ1v) is 10.1. The summed E-state index contributed by atoms with van der Waals surface area (Å²) in [6.45, 7) is 4.07. The van der Waals surface area contributed by atoms with E-state index >= 15 is 0 Å². The third kappa shape index (κ3) is 4.36. The minimum Gasteiger partial charge on any atom is -0.370 e. The van der Waals surface area contributed by atoms with Crippen LogP contribution in [0.5, 0.6) is 0 Å². The van der Waals surface area contributed by atoms with E-state index in [1.807, 2.05) is 18.2 Å². The second kappa shape index (κ2) is 7.49. The Balaban J connectivity index is 2.30. The van der Waals surface area contributed by atoms with Crippen molar-refractivity contribution < 1.29 is 0 Å². The largest absolute Gasteiger partial charge is 0.370 e. The molecule has 0 N–H and O–H groups in total. The van der Waals surface area contributed by atoms with E-state index in [1.165, 1.54) is 16.8 Å². The van der Waals surface area contributed by atoms with Gasteiger partial charge in [0.2, 0.25) is 0 Å². The van der Waals surface area contributed by atoms with Crippen LogP contribution in [0.3, 0.4) is 0 Å². The Morgan fingerprint density at radius 3 is 2.29 bits per heavy atom. The van der Waals surface area contributed by atoms with E-state index in [-0.39, 0.29) is 0 Å². The molecule has 0 amide bonds. The third-order valence-corrected chi connectivity index (χ3v) is 5.45. The summed E-state index contributed by atoms with van der Waals surface area (Å²) < 4.78 is 0. The molecule has 0 atom stereocenters. The maximum Gasteiger partial charge on any atom is 0.117 e. The number of anilines is 1. The van der Waals surface area contributed by atoms with Crippen LogP contribution in [0.1, 0.15) is 30.9 Å². The van der Waals surface area contributed by atoms with Crippen LogP contribution in [0.25, 0.3) is 0 Å². The van der Waals surface area contributed by atoms with Gasteiger partial charge in [-0.25, -0.2) is 0 Å². The van der Waals surface area contributed by atoms with E-state index in [2.05, 4.69) is 56.1 Å². The normalized spacial score (nSPS) is 11.2. The number of para-hydroxylation sites is 1. The van der Waals surface area contributed by atoms with Gasteiger partial charge >= 0.3 is 0 Å². The van der Waals surface area contributed by atoms with E-state index in [1.54, 1.807) is 0 Å². The number of rotatable bonds is 5. The van der Waals surface area contributed by atoms with E-state index < -0.39 is 6.63 Å². The lowest BCUT2D eigenvalue weighted by Gasteiger charge is -2.22. The molecule has 21 heavy (non-hydrogen) atoms. The van der Waals surface area contributed by atoms with E-state index in [4.69, 9.17) is 22.5 Å². The molecule has 4 heteroatoms. The van der Waals surface area contributed by atoms with Gasteiger partial charge in [0.05, 0.1) is 0 Å². The van der Waals surface area contributed by atoms with Gasteiger partial charge < -0.3 is 4.90 Å². The molecule has 0 aliphatic carbocycles. The first-order chi connectivity index (χ1) is 9.99. The molecule has 2 aromatic carbocycles. The first kappa shape index (κ1) is 16.6. The zero-order chi connectivity index (χ0) is 15.4. The molecule has 0 spiro atoms. The Morgan fingerprint density at radius 1 is 1.05 bits per heavy atom. The Morgan fingerprint density at radius 2 is 1.71 bits per heavy atom. The summed E-state index contributed by atoms with van der Waals surface area (Å²) in [5, 5.41) is 1.06. The molecular formula is C17H20Cl2NP. The van der Waals surface area contributed by atoms with Crippen LogP contribution in [-0.2, 0) is 6.54 Å². The molecule has 112 valence electrons. The van der Waals surface area contributed by atoms with Crippen LogP contribution in [0.15, 0.2) is 48.5 Å². The number of benzene rings is 2. The topological polar surface area (TPSA) is 3.24 Å². The highest BCUT2D eigenvalue weighted by Gasteiger charge is 2.14. The molecule has 0 radical (unpaired) electrons. The number of halogens is 2.